The van der Waals surface area contributed by atoms with Crippen molar-refractivity contribution in [2.24, 2.45) is 0 Å². The second-order valence-corrected chi connectivity index (χ2v) is 8.86. The summed E-state index contributed by atoms with van der Waals surface area (Å²) in [5, 5.41) is 13.4. The highest BCUT2D eigenvalue weighted by Gasteiger charge is 2.38. The molecule has 0 aliphatic heterocycles. The average molecular weight is 298 g/mol. The van der Waals surface area contributed by atoms with E-state index in [1.54, 1.807) is 25.2 Å². The van der Waals surface area contributed by atoms with Crippen LogP contribution < -0.4 is 0 Å². The highest BCUT2D eigenvalue weighted by Crippen LogP contribution is 2.30. The van der Waals surface area contributed by atoms with Crippen molar-refractivity contribution in [2.45, 2.75) is 31.1 Å². The van der Waals surface area contributed by atoms with Gasteiger partial charge in [0.25, 0.3) is 0 Å². The first-order chi connectivity index (χ1) is 8.73. The van der Waals surface area contributed by atoms with Crippen LogP contribution in [-0.2, 0) is 16.3 Å². The quantitative estimate of drug-likeness (QED) is 0.944. The Balaban J connectivity index is 2.31. The molecule has 5 heteroatoms. The topological polar surface area (TPSA) is 54.4 Å². The number of fused-ring (bicyclic) bond motifs is 1. The van der Waals surface area contributed by atoms with Crippen LogP contribution in [0.15, 0.2) is 29.6 Å². The molecule has 0 spiro atoms. The third-order valence-corrected chi connectivity index (χ3v) is 6.93. The van der Waals surface area contributed by atoms with Crippen molar-refractivity contribution in [3.63, 3.8) is 0 Å². The molecule has 3 nitrogen and oxygen atoms in total. The van der Waals surface area contributed by atoms with Gasteiger partial charge in [-0.15, -0.1) is 11.3 Å². The number of hydrogen-bond donors (Lipinski definition) is 1. The number of thiophene rings is 1. The molecule has 0 aliphatic rings. The van der Waals surface area contributed by atoms with Gasteiger partial charge in [0, 0.05) is 17.4 Å². The zero-order valence-corrected chi connectivity index (χ0v) is 12.9. The highest BCUT2D eigenvalue weighted by molar-refractivity contribution is 7.92. The predicted octanol–water partition coefficient (Wildman–Crippen LogP) is 2.63. The van der Waals surface area contributed by atoms with Crippen LogP contribution in [0.3, 0.4) is 0 Å². The van der Waals surface area contributed by atoms with E-state index in [2.05, 4.69) is 0 Å². The Bertz CT molecular complexity index is 684. The van der Waals surface area contributed by atoms with Crippen LogP contribution in [-0.4, -0.2) is 30.6 Å². The van der Waals surface area contributed by atoms with Crippen molar-refractivity contribution < 1.29 is 13.5 Å². The molecule has 1 aromatic heterocycles. The first kappa shape index (κ1) is 14.5. The first-order valence-electron chi connectivity index (χ1n) is 6.06. The van der Waals surface area contributed by atoms with E-state index in [9.17, 15) is 13.5 Å². The molecule has 1 unspecified atom stereocenters. The van der Waals surface area contributed by atoms with Crippen molar-refractivity contribution in [2.75, 3.05) is 6.26 Å². The van der Waals surface area contributed by atoms with Gasteiger partial charge in [-0.3, -0.25) is 0 Å². The fourth-order valence-corrected chi connectivity index (χ4v) is 3.45. The number of aliphatic hydroxyl groups is 1. The summed E-state index contributed by atoms with van der Waals surface area (Å²) in [6, 6.07) is 7.95. The summed E-state index contributed by atoms with van der Waals surface area (Å²) in [6.07, 6.45) is 0.604. The zero-order valence-electron chi connectivity index (χ0n) is 11.3. The fourth-order valence-electron chi connectivity index (χ4n) is 1.89. The van der Waals surface area contributed by atoms with Crippen LogP contribution in [0.4, 0.5) is 0 Å². The minimum Gasteiger partial charge on any atom is -0.391 e. The molecule has 0 saturated heterocycles. The minimum atomic E-state index is -3.30. The van der Waals surface area contributed by atoms with Crippen molar-refractivity contribution in [1.29, 1.82) is 0 Å². The molecule has 0 saturated carbocycles. The van der Waals surface area contributed by atoms with Crippen molar-refractivity contribution in [3.8, 4) is 0 Å². The van der Waals surface area contributed by atoms with Crippen LogP contribution in [0.2, 0.25) is 0 Å². The Morgan fingerprint density at radius 3 is 2.58 bits per heavy atom. The van der Waals surface area contributed by atoms with Crippen LogP contribution in [0.5, 0.6) is 0 Å². The Hall–Kier alpha value is -0.910. The van der Waals surface area contributed by atoms with E-state index >= 15 is 0 Å². The van der Waals surface area contributed by atoms with E-state index in [0.717, 1.165) is 15.6 Å². The lowest BCUT2D eigenvalue weighted by Gasteiger charge is -2.28. The largest absolute Gasteiger partial charge is 0.391 e. The SMILES string of the molecule is CC(C)(C(O)Cc1csc2ccccc12)S(C)(=O)=O. The van der Waals surface area contributed by atoms with E-state index in [1.165, 1.54) is 6.26 Å². The van der Waals surface area contributed by atoms with E-state index in [0.29, 0.717) is 6.42 Å². The minimum absolute atomic E-state index is 0.351. The van der Waals surface area contributed by atoms with Crippen molar-refractivity contribution in [1.82, 2.24) is 0 Å². The van der Waals surface area contributed by atoms with Gasteiger partial charge in [-0.05, 0) is 36.2 Å². The van der Waals surface area contributed by atoms with Gasteiger partial charge in [0.1, 0.15) is 0 Å². The van der Waals surface area contributed by atoms with Gasteiger partial charge in [-0.25, -0.2) is 8.42 Å². The molecule has 1 aromatic carbocycles. The van der Waals surface area contributed by atoms with Gasteiger partial charge in [0.05, 0.1) is 10.9 Å². The maximum absolute atomic E-state index is 11.7. The molecular weight excluding hydrogens is 280 g/mol. The third-order valence-electron chi connectivity index (χ3n) is 3.73. The fraction of sp³-hybridized carbons (Fsp3) is 0.429. The normalized spacial score (nSPS) is 14.7. The molecule has 2 rings (SSSR count). The summed E-state index contributed by atoms with van der Waals surface area (Å²) in [5.74, 6) is 0. The average Bonchev–Trinajstić information content (AvgIpc) is 2.71. The lowest BCUT2D eigenvalue weighted by atomic mass is 9.98. The molecule has 0 aliphatic carbocycles. The zero-order chi connectivity index (χ0) is 14.3. The molecular formula is C14H18O3S2. The van der Waals surface area contributed by atoms with E-state index in [4.69, 9.17) is 0 Å². The summed E-state index contributed by atoms with van der Waals surface area (Å²) in [7, 11) is -3.30. The van der Waals surface area contributed by atoms with E-state index in [1.807, 2.05) is 29.6 Å². The standard InChI is InChI=1S/C14H18O3S2/c1-14(2,19(3,16)17)13(15)8-10-9-18-12-7-5-4-6-11(10)12/h4-7,9,13,15H,8H2,1-3H3. The van der Waals surface area contributed by atoms with Crippen molar-refractivity contribution in [3.05, 3.63) is 35.2 Å². The smallest absolute Gasteiger partial charge is 0.155 e. The Kier molecular flexibility index (Phi) is 3.73. The van der Waals surface area contributed by atoms with Gasteiger partial charge in [-0.2, -0.15) is 0 Å². The lowest BCUT2D eigenvalue weighted by Crippen LogP contribution is -2.44. The Morgan fingerprint density at radius 1 is 1.32 bits per heavy atom. The Morgan fingerprint density at radius 2 is 1.95 bits per heavy atom. The first-order valence-corrected chi connectivity index (χ1v) is 8.83. The maximum atomic E-state index is 11.7. The molecule has 2 aromatic rings. The van der Waals surface area contributed by atoms with E-state index in [-0.39, 0.29) is 0 Å². The molecule has 0 bridgehead atoms. The van der Waals surface area contributed by atoms with E-state index < -0.39 is 20.7 Å². The molecule has 0 radical (unpaired) electrons. The summed E-state index contributed by atoms with van der Waals surface area (Å²) < 4.78 is 23.5. The second-order valence-electron chi connectivity index (χ2n) is 5.35. The molecule has 104 valence electrons. The summed E-state index contributed by atoms with van der Waals surface area (Å²) in [6.45, 7) is 3.14. The lowest BCUT2D eigenvalue weighted by molar-refractivity contribution is 0.138. The highest BCUT2D eigenvalue weighted by atomic mass is 32.2. The number of sulfone groups is 1. The molecule has 1 atom stereocenters. The van der Waals surface area contributed by atoms with Crippen LogP contribution in [0.1, 0.15) is 19.4 Å². The molecule has 1 N–H and O–H groups in total. The van der Waals surface area contributed by atoms with Gasteiger partial charge < -0.3 is 5.11 Å². The molecule has 1 heterocycles. The number of rotatable bonds is 4. The monoisotopic (exact) mass is 298 g/mol. The summed E-state index contributed by atoms with van der Waals surface area (Å²) in [4.78, 5) is 0. The summed E-state index contributed by atoms with van der Waals surface area (Å²) in [5.41, 5.74) is 1.00. The summed E-state index contributed by atoms with van der Waals surface area (Å²) >= 11 is 1.61. The van der Waals surface area contributed by atoms with Gasteiger partial charge in [-0.1, -0.05) is 18.2 Å². The van der Waals surface area contributed by atoms with Crippen LogP contribution in [0.25, 0.3) is 10.1 Å². The molecule has 19 heavy (non-hydrogen) atoms. The second kappa shape index (κ2) is 4.89. The third kappa shape index (κ3) is 2.68. The number of aliphatic hydroxyl groups excluding tert-OH is 1. The predicted molar refractivity (Wildman–Crippen MR) is 80.5 cm³/mol. The number of benzene rings is 1. The molecule has 0 fully saturated rings. The van der Waals surface area contributed by atoms with Crippen molar-refractivity contribution >= 4 is 31.3 Å². The Labute approximate surface area is 117 Å². The van der Waals surface area contributed by atoms with Crippen LogP contribution >= 0.6 is 11.3 Å². The van der Waals surface area contributed by atoms with Gasteiger partial charge in [0.15, 0.2) is 9.84 Å². The number of hydrogen-bond acceptors (Lipinski definition) is 4. The molecule has 0 amide bonds. The van der Waals surface area contributed by atoms with Gasteiger partial charge >= 0.3 is 0 Å². The van der Waals surface area contributed by atoms with Gasteiger partial charge in [0.2, 0.25) is 0 Å². The van der Waals surface area contributed by atoms with Crippen LogP contribution in [0, 0.1) is 0 Å². The maximum Gasteiger partial charge on any atom is 0.155 e.